The van der Waals surface area contributed by atoms with E-state index in [0.29, 0.717) is 11.4 Å². The molecule has 0 aliphatic rings. The van der Waals surface area contributed by atoms with E-state index in [1.165, 1.54) is 0 Å². The van der Waals surface area contributed by atoms with E-state index in [1.54, 1.807) is 6.20 Å². The molecule has 0 saturated carbocycles. The fraction of sp³-hybridized carbons (Fsp3) is 0. The number of benzene rings is 1. The number of nitriles is 1. The lowest BCUT2D eigenvalue weighted by Crippen LogP contribution is -1.87. The SMILES string of the molecule is N#Cc1c(-c2ccc(Br)cc2)c[nH]c1N. The summed E-state index contributed by atoms with van der Waals surface area (Å²) in [6, 6.07) is 9.83. The molecule has 3 N–H and O–H groups in total. The lowest BCUT2D eigenvalue weighted by molar-refractivity contribution is 1.40. The van der Waals surface area contributed by atoms with Crippen molar-refractivity contribution in [2.24, 2.45) is 0 Å². The highest BCUT2D eigenvalue weighted by Crippen LogP contribution is 2.27. The van der Waals surface area contributed by atoms with E-state index in [2.05, 4.69) is 27.0 Å². The number of rotatable bonds is 1. The van der Waals surface area contributed by atoms with Crippen LogP contribution in [0.25, 0.3) is 11.1 Å². The Morgan fingerprint density at radius 3 is 2.53 bits per heavy atom. The molecule has 1 heterocycles. The number of anilines is 1. The number of H-pyrrole nitrogens is 1. The highest BCUT2D eigenvalue weighted by atomic mass is 79.9. The summed E-state index contributed by atoms with van der Waals surface area (Å²) in [5.41, 5.74) is 7.94. The fourth-order valence-electron chi connectivity index (χ4n) is 1.42. The molecule has 0 atom stereocenters. The minimum Gasteiger partial charge on any atom is -0.384 e. The molecule has 0 amide bonds. The first-order valence-corrected chi connectivity index (χ1v) is 5.14. The maximum atomic E-state index is 8.94. The second-order valence-electron chi connectivity index (χ2n) is 3.11. The zero-order chi connectivity index (χ0) is 10.8. The zero-order valence-electron chi connectivity index (χ0n) is 7.79. The van der Waals surface area contributed by atoms with Crippen molar-refractivity contribution in [1.82, 2.24) is 4.98 Å². The van der Waals surface area contributed by atoms with E-state index >= 15 is 0 Å². The predicted molar refractivity (Wildman–Crippen MR) is 63.1 cm³/mol. The summed E-state index contributed by atoms with van der Waals surface area (Å²) in [6.45, 7) is 0. The first-order chi connectivity index (χ1) is 7.22. The topological polar surface area (TPSA) is 65.6 Å². The molecule has 2 rings (SSSR count). The van der Waals surface area contributed by atoms with Crippen molar-refractivity contribution in [1.29, 1.82) is 5.26 Å². The molecule has 0 radical (unpaired) electrons. The van der Waals surface area contributed by atoms with Crippen molar-refractivity contribution in [3.8, 4) is 17.2 Å². The van der Waals surface area contributed by atoms with Crippen LogP contribution in [0.5, 0.6) is 0 Å². The summed E-state index contributed by atoms with van der Waals surface area (Å²) in [6.07, 6.45) is 1.75. The van der Waals surface area contributed by atoms with Crippen LogP contribution in [-0.2, 0) is 0 Å². The minimum absolute atomic E-state index is 0.412. The Balaban J connectivity index is 2.55. The van der Waals surface area contributed by atoms with Crippen molar-refractivity contribution in [3.05, 3.63) is 40.5 Å². The Bertz CT molecular complexity index is 520. The number of aromatic nitrogens is 1. The van der Waals surface area contributed by atoms with Crippen LogP contribution in [0.3, 0.4) is 0 Å². The van der Waals surface area contributed by atoms with Crippen molar-refractivity contribution in [2.45, 2.75) is 0 Å². The number of hydrogen-bond acceptors (Lipinski definition) is 2. The smallest absolute Gasteiger partial charge is 0.119 e. The summed E-state index contributed by atoms with van der Waals surface area (Å²) in [5.74, 6) is 0.412. The Morgan fingerprint density at radius 1 is 1.27 bits per heavy atom. The van der Waals surface area contributed by atoms with Crippen molar-refractivity contribution >= 4 is 21.7 Å². The van der Waals surface area contributed by atoms with Gasteiger partial charge in [0.25, 0.3) is 0 Å². The minimum atomic E-state index is 0.412. The standard InChI is InChI=1S/C11H8BrN3/c12-8-3-1-7(2-4-8)10-6-15-11(14)9(10)5-13/h1-4,6,15H,14H2. The molecule has 0 fully saturated rings. The molecule has 3 nitrogen and oxygen atoms in total. The number of halogens is 1. The average molecular weight is 262 g/mol. The van der Waals surface area contributed by atoms with Crippen LogP contribution in [0.15, 0.2) is 34.9 Å². The molecule has 1 aromatic carbocycles. The number of nitrogens with two attached hydrogens (primary N) is 1. The third kappa shape index (κ3) is 1.74. The summed E-state index contributed by atoms with van der Waals surface area (Å²) < 4.78 is 1.01. The molecule has 2 aromatic rings. The summed E-state index contributed by atoms with van der Waals surface area (Å²) in [5, 5.41) is 8.94. The van der Waals surface area contributed by atoms with Gasteiger partial charge in [0.2, 0.25) is 0 Å². The Hall–Kier alpha value is -1.73. The van der Waals surface area contributed by atoms with E-state index in [4.69, 9.17) is 11.0 Å². The summed E-state index contributed by atoms with van der Waals surface area (Å²) in [4.78, 5) is 2.84. The second kappa shape index (κ2) is 3.79. The van der Waals surface area contributed by atoms with Gasteiger partial charge in [0.1, 0.15) is 17.5 Å². The highest BCUT2D eigenvalue weighted by Gasteiger charge is 2.09. The van der Waals surface area contributed by atoms with Crippen LogP contribution in [0.4, 0.5) is 5.82 Å². The average Bonchev–Trinajstić information content (AvgIpc) is 2.61. The van der Waals surface area contributed by atoms with Crippen molar-refractivity contribution in [2.75, 3.05) is 5.73 Å². The molecule has 0 spiro atoms. The van der Waals surface area contributed by atoms with Crippen LogP contribution in [-0.4, -0.2) is 4.98 Å². The summed E-state index contributed by atoms with van der Waals surface area (Å²) in [7, 11) is 0. The first-order valence-electron chi connectivity index (χ1n) is 4.35. The maximum Gasteiger partial charge on any atom is 0.119 e. The molecule has 0 aliphatic carbocycles. The molecule has 0 aliphatic heterocycles. The molecular weight excluding hydrogens is 254 g/mol. The van der Waals surface area contributed by atoms with E-state index < -0.39 is 0 Å². The molecule has 0 bridgehead atoms. The van der Waals surface area contributed by atoms with Crippen LogP contribution < -0.4 is 5.73 Å². The van der Waals surface area contributed by atoms with Gasteiger partial charge in [-0.15, -0.1) is 0 Å². The molecule has 4 heteroatoms. The van der Waals surface area contributed by atoms with Gasteiger partial charge in [-0.05, 0) is 17.7 Å². The van der Waals surface area contributed by atoms with Gasteiger partial charge in [-0.25, -0.2) is 0 Å². The van der Waals surface area contributed by atoms with Crippen molar-refractivity contribution in [3.63, 3.8) is 0 Å². The van der Waals surface area contributed by atoms with Gasteiger partial charge in [-0.1, -0.05) is 28.1 Å². The molecule has 0 saturated heterocycles. The van der Waals surface area contributed by atoms with E-state index in [-0.39, 0.29) is 0 Å². The molecule has 74 valence electrons. The number of hydrogen-bond donors (Lipinski definition) is 2. The van der Waals surface area contributed by atoms with E-state index in [9.17, 15) is 0 Å². The molecule has 0 unspecified atom stereocenters. The largest absolute Gasteiger partial charge is 0.384 e. The van der Waals surface area contributed by atoms with Gasteiger partial charge >= 0.3 is 0 Å². The van der Waals surface area contributed by atoms with E-state index in [1.807, 2.05) is 24.3 Å². The van der Waals surface area contributed by atoms with Crippen LogP contribution >= 0.6 is 15.9 Å². The third-order valence-electron chi connectivity index (χ3n) is 2.18. The maximum absolute atomic E-state index is 8.94. The van der Waals surface area contributed by atoms with Gasteiger partial charge < -0.3 is 10.7 Å². The lowest BCUT2D eigenvalue weighted by Gasteiger charge is -1.98. The molecule has 15 heavy (non-hydrogen) atoms. The number of nitrogens with one attached hydrogen (secondary N) is 1. The van der Waals surface area contributed by atoms with Gasteiger partial charge in [-0.2, -0.15) is 5.26 Å². The zero-order valence-corrected chi connectivity index (χ0v) is 9.38. The van der Waals surface area contributed by atoms with Crippen LogP contribution in [0, 0.1) is 11.3 Å². The highest BCUT2D eigenvalue weighted by molar-refractivity contribution is 9.10. The predicted octanol–water partition coefficient (Wildman–Crippen LogP) is 2.90. The van der Waals surface area contributed by atoms with Crippen LogP contribution in [0.1, 0.15) is 5.56 Å². The van der Waals surface area contributed by atoms with Crippen molar-refractivity contribution < 1.29 is 0 Å². The molecule has 1 aromatic heterocycles. The number of nitrogen functional groups attached to an aromatic ring is 1. The Labute approximate surface area is 95.7 Å². The third-order valence-corrected chi connectivity index (χ3v) is 2.71. The van der Waals surface area contributed by atoms with Gasteiger partial charge in [-0.3, -0.25) is 0 Å². The number of aromatic amines is 1. The molecular formula is C11H8BrN3. The van der Waals surface area contributed by atoms with Gasteiger partial charge in [0.15, 0.2) is 0 Å². The monoisotopic (exact) mass is 261 g/mol. The first kappa shape index (κ1) is 9.81. The van der Waals surface area contributed by atoms with Gasteiger partial charge in [0, 0.05) is 16.2 Å². The fourth-order valence-corrected chi connectivity index (χ4v) is 1.68. The van der Waals surface area contributed by atoms with Gasteiger partial charge in [0.05, 0.1) is 0 Å². The second-order valence-corrected chi connectivity index (χ2v) is 4.03. The Kier molecular flexibility index (Phi) is 2.48. The normalized spacial score (nSPS) is 9.87. The summed E-state index contributed by atoms with van der Waals surface area (Å²) >= 11 is 3.36. The quantitative estimate of drug-likeness (QED) is 0.829. The van der Waals surface area contributed by atoms with Crippen LogP contribution in [0.2, 0.25) is 0 Å². The number of nitrogens with zero attached hydrogens (tertiary/aromatic N) is 1. The van der Waals surface area contributed by atoms with E-state index in [0.717, 1.165) is 15.6 Å². The Morgan fingerprint density at radius 2 is 1.93 bits per heavy atom. The lowest BCUT2D eigenvalue weighted by atomic mass is 10.1.